The monoisotopic (exact) mass is 486 g/mol. The Bertz CT molecular complexity index is 1060. The van der Waals surface area contributed by atoms with Gasteiger partial charge < -0.3 is 25.4 Å². The number of cyclic esters (lactones) is 1. The molecule has 1 aromatic heterocycles. The molecule has 2 saturated heterocycles. The molecule has 4 atom stereocenters. The average Bonchev–Trinajstić information content (AvgIpc) is 3.57. The number of Topliss-reactive ketones (excluding diaryl/α,β-unsaturated/α-hetero) is 1. The van der Waals surface area contributed by atoms with Gasteiger partial charge in [0.1, 0.15) is 18.8 Å². The zero-order valence-electron chi connectivity index (χ0n) is 18.6. The number of hydrogen-bond acceptors (Lipinski definition) is 9. The van der Waals surface area contributed by atoms with Crippen molar-refractivity contribution >= 4 is 35.1 Å². The first-order valence-corrected chi connectivity index (χ1v) is 11.9. The Morgan fingerprint density at radius 1 is 1.35 bits per heavy atom. The van der Waals surface area contributed by atoms with Crippen molar-refractivity contribution in [3.63, 3.8) is 0 Å². The molecule has 2 aromatic rings. The SMILES string of the molecule is C[C@@H]1OC(=O)N[C@@H]1C(=O)[C@@]1(C(=O)OCc2ccccc2)CCCN1C(=O)[C@@H](N)Cc1cscn1. The summed E-state index contributed by atoms with van der Waals surface area (Å²) in [5, 5.41) is 4.25. The number of likely N-dealkylation sites (tertiary alicyclic amines) is 1. The van der Waals surface area contributed by atoms with Crippen LogP contribution in [-0.4, -0.2) is 63.9 Å². The van der Waals surface area contributed by atoms with E-state index in [0.717, 1.165) is 5.56 Å². The zero-order valence-corrected chi connectivity index (χ0v) is 19.5. The minimum atomic E-state index is -1.91. The number of nitrogens with two attached hydrogens (primary N) is 1. The number of aromatic nitrogens is 1. The van der Waals surface area contributed by atoms with E-state index < -0.39 is 47.5 Å². The smallest absolute Gasteiger partial charge is 0.408 e. The molecule has 0 bridgehead atoms. The lowest BCUT2D eigenvalue weighted by Gasteiger charge is -2.37. The molecule has 0 saturated carbocycles. The third kappa shape index (κ3) is 4.53. The first-order valence-electron chi connectivity index (χ1n) is 11.0. The van der Waals surface area contributed by atoms with Gasteiger partial charge in [0.15, 0.2) is 5.78 Å². The number of nitrogens with one attached hydrogen (secondary N) is 1. The van der Waals surface area contributed by atoms with E-state index in [1.807, 2.05) is 6.07 Å². The highest BCUT2D eigenvalue weighted by Gasteiger charge is 2.60. The van der Waals surface area contributed by atoms with Gasteiger partial charge in [0, 0.05) is 18.3 Å². The molecule has 0 unspecified atom stereocenters. The van der Waals surface area contributed by atoms with Crippen molar-refractivity contribution in [3.05, 3.63) is 52.5 Å². The van der Waals surface area contributed by atoms with Gasteiger partial charge in [-0.15, -0.1) is 11.3 Å². The summed E-state index contributed by atoms with van der Waals surface area (Å²) in [6.07, 6.45) is -0.929. The molecular formula is C23H26N4O6S. The number of alkyl carbamates (subject to hydrolysis) is 1. The number of ether oxygens (including phenoxy) is 2. The highest BCUT2D eigenvalue weighted by atomic mass is 32.1. The fourth-order valence-corrected chi connectivity index (χ4v) is 5.00. The number of amides is 2. The van der Waals surface area contributed by atoms with Crippen LogP contribution >= 0.6 is 11.3 Å². The van der Waals surface area contributed by atoms with Crippen molar-refractivity contribution in [1.29, 1.82) is 0 Å². The molecule has 2 aliphatic rings. The molecule has 180 valence electrons. The van der Waals surface area contributed by atoms with Gasteiger partial charge in [0.25, 0.3) is 0 Å². The van der Waals surface area contributed by atoms with E-state index in [4.69, 9.17) is 15.2 Å². The predicted molar refractivity (Wildman–Crippen MR) is 122 cm³/mol. The van der Waals surface area contributed by atoms with E-state index in [2.05, 4.69) is 10.3 Å². The van der Waals surface area contributed by atoms with Crippen LogP contribution in [0, 0.1) is 0 Å². The Kier molecular flexibility index (Phi) is 6.94. The highest BCUT2D eigenvalue weighted by molar-refractivity contribution is 7.07. The molecule has 2 fully saturated rings. The second kappa shape index (κ2) is 9.90. The Balaban J connectivity index is 1.63. The molecule has 3 heterocycles. The van der Waals surface area contributed by atoms with Crippen LogP contribution in [0.1, 0.15) is 31.0 Å². The molecule has 11 heteroatoms. The van der Waals surface area contributed by atoms with Crippen LogP contribution in [0.25, 0.3) is 0 Å². The highest BCUT2D eigenvalue weighted by Crippen LogP contribution is 2.35. The number of nitrogens with zero attached hydrogens (tertiary/aromatic N) is 2. The number of thiazole rings is 1. The van der Waals surface area contributed by atoms with Crippen LogP contribution in [0.2, 0.25) is 0 Å². The molecule has 10 nitrogen and oxygen atoms in total. The number of rotatable bonds is 8. The number of esters is 1. The van der Waals surface area contributed by atoms with Crippen molar-refractivity contribution in [2.24, 2.45) is 5.73 Å². The molecule has 0 aliphatic carbocycles. The molecule has 0 spiro atoms. The van der Waals surface area contributed by atoms with Crippen LogP contribution in [0.4, 0.5) is 4.79 Å². The van der Waals surface area contributed by atoms with E-state index >= 15 is 0 Å². The van der Waals surface area contributed by atoms with E-state index in [1.54, 1.807) is 42.1 Å². The lowest BCUT2D eigenvalue weighted by atomic mass is 9.84. The molecule has 34 heavy (non-hydrogen) atoms. The third-order valence-electron chi connectivity index (χ3n) is 6.15. The van der Waals surface area contributed by atoms with Crippen molar-refractivity contribution in [2.75, 3.05) is 6.54 Å². The lowest BCUT2D eigenvalue weighted by Crippen LogP contribution is -2.66. The van der Waals surface area contributed by atoms with Gasteiger partial charge in [0.05, 0.1) is 17.2 Å². The maximum absolute atomic E-state index is 13.8. The summed E-state index contributed by atoms with van der Waals surface area (Å²) in [7, 11) is 0. The van der Waals surface area contributed by atoms with Crippen molar-refractivity contribution < 1.29 is 28.7 Å². The van der Waals surface area contributed by atoms with Crippen molar-refractivity contribution in [2.45, 2.75) is 56.5 Å². The number of hydrogen-bond donors (Lipinski definition) is 2. The maximum Gasteiger partial charge on any atom is 0.408 e. The van der Waals surface area contributed by atoms with E-state index in [-0.39, 0.29) is 26.0 Å². The van der Waals surface area contributed by atoms with Crippen LogP contribution in [0.3, 0.4) is 0 Å². The molecule has 4 rings (SSSR count). The number of ketones is 1. The normalized spacial score (nSPS) is 24.9. The van der Waals surface area contributed by atoms with E-state index in [9.17, 15) is 19.2 Å². The van der Waals surface area contributed by atoms with Crippen molar-refractivity contribution in [1.82, 2.24) is 15.2 Å². The second-order valence-electron chi connectivity index (χ2n) is 8.40. The van der Waals surface area contributed by atoms with Gasteiger partial charge >= 0.3 is 12.1 Å². The van der Waals surface area contributed by atoms with Gasteiger partial charge in [-0.1, -0.05) is 30.3 Å². The van der Waals surface area contributed by atoms with Crippen molar-refractivity contribution in [3.8, 4) is 0 Å². The molecule has 2 amide bonds. The quantitative estimate of drug-likeness (QED) is 0.419. The third-order valence-corrected chi connectivity index (χ3v) is 6.79. The summed E-state index contributed by atoms with van der Waals surface area (Å²) < 4.78 is 10.6. The number of carbonyl (C=O) groups is 4. The summed E-state index contributed by atoms with van der Waals surface area (Å²) in [6.45, 7) is 1.65. The van der Waals surface area contributed by atoms with Gasteiger partial charge in [0.2, 0.25) is 11.4 Å². The Morgan fingerprint density at radius 3 is 2.76 bits per heavy atom. The zero-order chi connectivity index (χ0) is 24.3. The summed E-state index contributed by atoms with van der Waals surface area (Å²) in [5.41, 5.74) is 7.31. The summed E-state index contributed by atoms with van der Waals surface area (Å²) >= 11 is 1.38. The first kappa shape index (κ1) is 23.8. The minimum absolute atomic E-state index is 0.0632. The topological polar surface area (TPSA) is 141 Å². The van der Waals surface area contributed by atoms with E-state index in [0.29, 0.717) is 12.1 Å². The Morgan fingerprint density at radius 2 is 2.12 bits per heavy atom. The second-order valence-corrected chi connectivity index (χ2v) is 9.12. The maximum atomic E-state index is 13.8. The van der Waals surface area contributed by atoms with Crippen LogP contribution in [0.5, 0.6) is 0 Å². The molecule has 2 aliphatic heterocycles. The number of benzene rings is 1. The Hall–Kier alpha value is -3.31. The number of carbonyl (C=O) groups excluding carboxylic acids is 4. The van der Waals surface area contributed by atoms with Gasteiger partial charge in [-0.3, -0.25) is 9.59 Å². The standard InChI is InChI=1S/C23H26N4O6S/c1-14-18(26-22(31)33-14)19(28)23(21(30)32-11-15-6-3-2-4-7-15)8-5-9-27(23)20(29)17(24)10-16-12-34-13-25-16/h2-4,6-7,12-14,17-18H,5,8-11,24H2,1H3,(H,26,31)/t14-,17-,18-,23+/m0/s1. The molecule has 0 radical (unpaired) electrons. The van der Waals surface area contributed by atoms with Gasteiger partial charge in [-0.25, -0.2) is 14.6 Å². The fourth-order valence-electron chi connectivity index (χ4n) is 4.43. The van der Waals surface area contributed by atoms with E-state index in [1.165, 1.54) is 16.2 Å². The van der Waals surface area contributed by atoms with Gasteiger partial charge in [-0.05, 0) is 25.3 Å². The first-order chi connectivity index (χ1) is 16.3. The van der Waals surface area contributed by atoms with Crippen LogP contribution in [0.15, 0.2) is 41.2 Å². The lowest BCUT2D eigenvalue weighted by molar-refractivity contribution is -0.168. The minimum Gasteiger partial charge on any atom is -0.459 e. The van der Waals surface area contributed by atoms with Gasteiger partial charge in [-0.2, -0.15) is 0 Å². The molecular weight excluding hydrogens is 460 g/mol. The average molecular weight is 487 g/mol. The fraction of sp³-hybridized carbons (Fsp3) is 0.435. The van der Waals surface area contributed by atoms with Crippen LogP contribution in [-0.2, 0) is 36.9 Å². The predicted octanol–water partition coefficient (Wildman–Crippen LogP) is 1.18. The summed E-state index contributed by atoms with van der Waals surface area (Å²) in [6, 6.07) is 6.93. The molecule has 3 N–H and O–H groups in total. The summed E-state index contributed by atoms with van der Waals surface area (Å²) in [4.78, 5) is 57.9. The summed E-state index contributed by atoms with van der Waals surface area (Å²) in [5.74, 6) is -2.04. The van der Waals surface area contributed by atoms with Crippen LogP contribution < -0.4 is 11.1 Å². The largest absolute Gasteiger partial charge is 0.459 e. The molecule has 1 aromatic carbocycles. The Labute approximate surface area is 200 Å².